The zero-order chi connectivity index (χ0) is 20.4. The topological polar surface area (TPSA) is 65.5 Å². The van der Waals surface area contributed by atoms with Crippen molar-refractivity contribution < 1.29 is 9.59 Å². The molecule has 1 aromatic heterocycles. The van der Waals surface area contributed by atoms with Gasteiger partial charge in [-0.1, -0.05) is 12.1 Å². The van der Waals surface area contributed by atoms with Crippen LogP contribution in [0.1, 0.15) is 35.3 Å². The molecule has 1 aliphatic rings. The third-order valence-corrected chi connectivity index (χ3v) is 6.57. The minimum Gasteiger partial charge on any atom is -0.322 e. The lowest BCUT2D eigenvalue weighted by Gasteiger charge is -2.37. The molecule has 3 aromatic rings. The summed E-state index contributed by atoms with van der Waals surface area (Å²) in [6.07, 6.45) is 0. The number of fused-ring (bicyclic) bond motifs is 1. The summed E-state index contributed by atoms with van der Waals surface area (Å²) in [7, 11) is 0. The van der Waals surface area contributed by atoms with Crippen molar-refractivity contribution in [2.75, 3.05) is 31.5 Å². The van der Waals surface area contributed by atoms with Crippen molar-refractivity contribution in [3.05, 3.63) is 59.1 Å². The minimum atomic E-state index is -0.104. The van der Waals surface area contributed by atoms with Crippen LogP contribution in [0.25, 0.3) is 10.2 Å². The smallest absolute Gasteiger partial charge is 0.321 e. The van der Waals surface area contributed by atoms with E-state index in [0.717, 1.165) is 23.6 Å². The lowest BCUT2D eigenvalue weighted by Crippen LogP contribution is -2.50. The molecule has 29 heavy (non-hydrogen) atoms. The molecule has 2 heterocycles. The lowest BCUT2D eigenvalue weighted by molar-refractivity contribution is 0.101. The van der Waals surface area contributed by atoms with E-state index in [2.05, 4.69) is 23.2 Å². The van der Waals surface area contributed by atoms with E-state index >= 15 is 0 Å². The Balaban J connectivity index is 1.33. The molecule has 2 aromatic carbocycles. The summed E-state index contributed by atoms with van der Waals surface area (Å²) in [5.41, 5.74) is 2.39. The van der Waals surface area contributed by atoms with E-state index in [4.69, 9.17) is 4.98 Å². The molecule has 1 N–H and O–H groups in total. The van der Waals surface area contributed by atoms with E-state index in [1.54, 1.807) is 35.6 Å². The molecule has 6 nitrogen and oxygen atoms in total. The number of amides is 2. The highest BCUT2D eigenvalue weighted by molar-refractivity contribution is 7.18. The number of aromatic nitrogens is 1. The molecule has 0 bridgehead atoms. The minimum absolute atomic E-state index is 0.0150. The number of nitrogens with zero attached hydrogens (tertiary/aromatic N) is 3. The Hall–Kier alpha value is -2.77. The summed E-state index contributed by atoms with van der Waals surface area (Å²) in [6.45, 7) is 6.69. The van der Waals surface area contributed by atoms with E-state index in [-0.39, 0.29) is 17.9 Å². The number of nitrogens with one attached hydrogen (secondary N) is 1. The second-order valence-electron chi connectivity index (χ2n) is 7.28. The highest BCUT2D eigenvalue weighted by Gasteiger charge is 2.26. The van der Waals surface area contributed by atoms with Crippen LogP contribution in [0.5, 0.6) is 0 Å². The number of hydrogen-bond donors (Lipinski definition) is 1. The molecule has 1 atom stereocenters. The SMILES string of the molecule is CC(=O)c1ccc(NC(=O)N2CCN([C@H](C)c3nc4ccccc4s3)CC2)cc1. The number of thiazole rings is 1. The van der Waals surface area contributed by atoms with Crippen LogP contribution >= 0.6 is 11.3 Å². The lowest BCUT2D eigenvalue weighted by atomic mass is 10.1. The van der Waals surface area contributed by atoms with E-state index < -0.39 is 0 Å². The van der Waals surface area contributed by atoms with Crippen LogP contribution in [0.2, 0.25) is 0 Å². The number of piperazine rings is 1. The fourth-order valence-corrected chi connectivity index (χ4v) is 4.58. The second kappa shape index (κ2) is 8.31. The maximum atomic E-state index is 12.6. The van der Waals surface area contributed by atoms with Crippen LogP contribution in [0.3, 0.4) is 0 Å². The van der Waals surface area contributed by atoms with Crippen molar-refractivity contribution in [1.82, 2.24) is 14.8 Å². The molecule has 0 radical (unpaired) electrons. The van der Waals surface area contributed by atoms with Crippen molar-refractivity contribution >= 4 is 39.1 Å². The van der Waals surface area contributed by atoms with Gasteiger partial charge in [0.05, 0.1) is 16.3 Å². The molecule has 4 rings (SSSR count). The number of carbonyl (C=O) groups is 2. The molecule has 0 unspecified atom stereocenters. The van der Waals surface area contributed by atoms with Crippen molar-refractivity contribution in [2.45, 2.75) is 19.9 Å². The quantitative estimate of drug-likeness (QED) is 0.650. The molecular weight excluding hydrogens is 384 g/mol. The van der Waals surface area contributed by atoms with Crippen molar-refractivity contribution in [3.63, 3.8) is 0 Å². The summed E-state index contributed by atoms with van der Waals surface area (Å²) in [5.74, 6) is 0.0150. The van der Waals surface area contributed by atoms with E-state index in [1.807, 2.05) is 23.1 Å². The summed E-state index contributed by atoms with van der Waals surface area (Å²) < 4.78 is 1.21. The van der Waals surface area contributed by atoms with E-state index in [1.165, 1.54) is 11.6 Å². The van der Waals surface area contributed by atoms with Gasteiger partial charge in [-0.25, -0.2) is 9.78 Å². The molecule has 0 saturated carbocycles. The average Bonchev–Trinajstić information content (AvgIpc) is 3.18. The fourth-order valence-electron chi connectivity index (χ4n) is 3.53. The number of hydrogen-bond acceptors (Lipinski definition) is 5. The number of rotatable bonds is 4. The van der Waals surface area contributed by atoms with Crippen LogP contribution in [-0.4, -0.2) is 52.8 Å². The molecule has 1 fully saturated rings. The third kappa shape index (κ3) is 4.31. The van der Waals surface area contributed by atoms with E-state index in [0.29, 0.717) is 24.3 Å². The largest absolute Gasteiger partial charge is 0.322 e. The Bertz CT molecular complexity index is 990. The molecular formula is C22H24N4O2S. The Morgan fingerprint density at radius 3 is 2.38 bits per heavy atom. The predicted molar refractivity (Wildman–Crippen MR) is 117 cm³/mol. The molecule has 0 aliphatic carbocycles. The van der Waals surface area contributed by atoms with Crippen molar-refractivity contribution in [2.24, 2.45) is 0 Å². The molecule has 2 amide bonds. The number of carbonyl (C=O) groups excluding carboxylic acids is 2. The highest BCUT2D eigenvalue weighted by Crippen LogP contribution is 2.30. The Morgan fingerprint density at radius 1 is 1.03 bits per heavy atom. The summed E-state index contributed by atoms with van der Waals surface area (Å²) in [5, 5.41) is 4.04. The second-order valence-corrected chi connectivity index (χ2v) is 8.34. The molecule has 150 valence electrons. The van der Waals surface area contributed by atoms with Gasteiger partial charge in [-0.15, -0.1) is 11.3 Å². The van der Waals surface area contributed by atoms with Crippen molar-refractivity contribution in [1.29, 1.82) is 0 Å². The van der Waals surface area contributed by atoms with Gasteiger partial charge >= 0.3 is 6.03 Å². The number of Topliss-reactive ketones (excluding diaryl/α,β-unsaturated/α-hetero) is 1. The number of anilines is 1. The van der Waals surface area contributed by atoms with Crippen LogP contribution in [0, 0.1) is 0 Å². The number of urea groups is 1. The van der Waals surface area contributed by atoms with Crippen LogP contribution < -0.4 is 5.32 Å². The van der Waals surface area contributed by atoms with Crippen LogP contribution in [0.4, 0.5) is 10.5 Å². The first-order chi connectivity index (χ1) is 14.0. The average molecular weight is 409 g/mol. The van der Waals surface area contributed by atoms with Crippen LogP contribution in [-0.2, 0) is 0 Å². The number of ketones is 1. The Labute approximate surface area is 174 Å². The number of para-hydroxylation sites is 1. The first kappa shape index (κ1) is 19.5. The summed E-state index contributed by atoms with van der Waals surface area (Å²) in [4.78, 5) is 32.9. The Kier molecular flexibility index (Phi) is 5.60. The zero-order valence-corrected chi connectivity index (χ0v) is 17.4. The maximum Gasteiger partial charge on any atom is 0.321 e. The van der Waals surface area contributed by atoms with Crippen molar-refractivity contribution in [3.8, 4) is 0 Å². The fraction of sp³-hybridized carbons (Fsp3) is 0.318. The monoisotopic (exact) mass is 408 g/mol. The zero-order valence-electron chi connectivity index (χ0n) is 16.6. The predicted octanol–water partition coefficient (Wildman–Crippen LogP) is 4.41. The molecule has 7 heteroatoms. The molecule has 1 saturated heterocycles. The van der Waals surface area contributed by atoms with E-state index in [9.17, 15) is 9.59 Å². The first-order valence-corrected chi connectivity index (χ1v) is 10.6. The Morgan fingerprint density at radius 2 is 1.72 bits per heavy atom. The summed E-state index contributed by atoms with van der Waals surface area (Å²) >= 11 is 1.74. The number of benzene rings is 2. The summed E-state index contributed by atoms with van der Waals surface area (Å²) in [6, 6.07) is 15.3. The standard InChI is InChI=1S/C22H24N4O2S/c1-15(21-24-19-5-3-4-6-20(19)29-21)25-11-13-26(14-12-25)22(28)23-18-9-7-17(8-10-18)16(2)27/h3-10,15H,11-14H2,1-2H3,(H,23,28)/t15-/m1/s1. The first-order valence-electron chi connectivity index (χ1n) is 9.78. The van der Waals surface area contributed by atoms with Gasteiger partial charge in [-0.05, 0) is 50.2 Å². The van der Waals surface area contributed by atoms with Gasteiger partial charge in [0.1, 0.15) is 5.01 Å². The van der Waals surface area contributed by atoms with Gasteiger partial charge in [0.25, 0.3) is 0 Å². The third-order valence-electron chi connectivity index (χ3n) is 5.36. The van der Waals surface area contributed by atoms with Crippen LogP contribution in [0.15, 0.2) is 48.5 Å². The van der Waals surface area contributed by atoms with Gasteiger partial charge in [0.2, 0.25) is 0 Å². The highest BCUT2D eigenvalue weighted by atomic mass is 32.1. The molecule has 0 spiro atoms. The molecule has 1 aliphatic heterocycles. The van der Waals surface area contributed by atoms with Gasteiger partial charge in [0.15, 0.2) is 5.78 Å². The normalized spacial score (nSPS) is 16.0. The maximum absolute atomic E-state index is 12.6. The van der Waals surface area contributed by atoms with Gasteiger partial charge in [-0.3, -0.25) is 9.69 Å². The van der Waals surface area contributed by atoms with Gasteiger partial charge < -0.3 is 10.2 Å². The van der Waals surface area contributed by atoms with Gasteiger partial charge in [0, 0.05) is 37.4 Å². The van der Waals surface area contributed by atoms with Gasteiger partial charge in [-0.2, -0.15) is 0 Å².